The summed E-state index contributed by atoms with van der Waals surface area (Å²) in [5.74, 6) is 3.81. The number of pyridine rings is 1. The number of aryl methyl sites for hydroxylation is 2. The Balaban J connectivity index is 0.000000229. The summed E-state index contributed by atoms with van der Waals surface area (Å²) < 4.78 is 3.25. The lowest BCUT2D eigenvalue weighted by atomic mass is 9.44. The molecule has 1 aromatic carbocycles. The van der Waals surface area contributed by atoms with Crippen LogP contribution in [0.2, 0.25) is 5.02 Å². The third kappa shape index (κ3) is 4.95. The molecule has 2 heterocycles. The lowest BCUT2D eigenvalue weighted by molar-refractivity contribution is -0.124. The number of carbonyl (C=O) groups is 1. The molecule has 5 nitrogen and oxygen atoms in total. The number of carbonyl (C=O) groups excluding carboxylic acids is 1. The highest BCUT2D eigenvalue weighted by molar-refractivity contribution is 6.30. The smallest absolute Gasteiger partial charge is 0.282 e. The van der Waals surface area contributed by atoms with Gasteiger partial charge in [-0.15, -0.1) is 0 Å². The van der Waals surface area contributed by atoms with E-state index < -0.39 is 0 Å². The quantitative estimate of drug-likeness (QED) is 0.361. The zero-order valence-corrected chi connectivity index (χ0v) is 23.3. The van der Waals surface area contributed by atoms with Crippen molar-refractivity contribution in [1.82, 2.24) is 14.3 Å². The van der Waals surface area contributed by atoms with Crippen LogP contribution in [0.15, 0.2) is 47.5 Å². The van der Waals surface area contributed by atoms with Crippen molar-refractivity contribution in [2.24, 2.45) is 29.1 Å². The molecule has 6 heteroatoms. The molecular weight excluding hydrogens is 470 g/mol. The van der Waals surface area contributed by atoms with E-state index in [1.165, 1.54) is 24.4 Å². The molecule has 3 aromatic rings. The lowest BCUT2D eigenvalue weighted by Gasteiger charge is -2.61. The van der Waals surface area contributed by atoms with Crippen LogP contribution >= 0.6 is 11.6 Å². The van der Waals surface area contributed by atoms with E-state index in [9.17, 15) is 9.59 Å². The third-order valence-electron chi connectivity index (χ3n) is 8.78. The van der Waals surface area contributed by atoms with Gasteiger partial charge in [-0.1, -0.05) is 45.4 Å². The first kappa shape index (κ1) is 26.4. The molecule has 0 radical (unpaired) electrons. The van der Waals surface area contributed by atoms with Gasteiger partial charge in [-0.05, 0) is 98.1 Å². The van der Waals surface area contributed by atoms with Gasteiger partial charge in [0.15, 0.2) is 5.78 Å². The van der Waals surface area contributed by atoms with Crippen LogP contribution in [0, 0.1) is 42.9 Å². The summed E-state index contributed by atoms with van der Waals surface area (Å²) in [4.78, 5) is 28.9. The fraction of sp³-hybridized carbons (Fsp3) is 0.500. The Morgan fingerprint density at radius 1 is 1.14 bits per heavy atom. The lowest BCUT2D eigenvalue weighted by Crippen LogP contribution is -2.54. The average molecular weight is 508 g/mol. The molecular formula is C30H38ClN3O2. The second kappa shape index (κ2) is 10.0. The largest absolute Gasteiger partial charge is 0.294 e. The van der Waals surface area contributed by atoms with E-state index >= 15 is 0 Å². The van der Waals surface area contributed by atoms with Crippen LogP contribution in [-0.2, 0) is 6.54 Å². The number of benzene rings is 1. The van der Waals surface area contributed by atoms with E-state index in [0.29, 0.717) is 22.7 Å². The molecule has 3 aliphatic rings. The molecule has 2 bridgehead atoms. The van der Waals surface area contributed by atoms with Crippen LogP contribution in [0.1, 0.15) is 74.6 Å². The number of halogens is 1. The molecule has 4 atom stereocenters. The standard InChI is InChI=1S/C19H18ClN3O2.C11H20/c1-12-8-16(20)6-7-18(12)23-19(25)17(14(3)24)11-22(23)10-15-5-4-13(2)21-9-15;1-7-5-9-6-10(8(7)2)11(9,3)4/h4-9,11H,10H2,1-3H3;7-10H,5-6H2,1-4H3/t;7?,8-,9?,10?/m.0/s1. The van der Waals surface area contributed by atoms with Gasteiger partial charge in [-0.2, -0.15) is 0 Å². The maximum absolute atomic E-state index is 12.8. The van der Waals surface area contributed by atoms with Crippen LogP contribution in [0.5, 0.6) is 0 Å². The SMILES string of the molecule is CC(=O)c1cn(Cc2ccc(C)nc2)n(-c2ccc(Cl)cc2C)c1=O.CC1CC2CC([C@H]1C)C2(C)C. The van der Waals surface area contributed by atoms with Crippen LogP contribution in [0.3, 0.4) is 0 Å². The number of rotatable bonds is 4. The minimum Gasteiger partial charge on any atom is -0.294 e. The monoisotopic (exact) mass is 507 g/mol. The van der Waals surface area contributed by atoms with Gasteiger partial charge in [0.25, 0.3) is 5.56 Å². The summed E-state index contributed by atoms with van der Waals surface area (Å²) in [6.07, 6.45) is 6.38. The highest BCUT2D eigenvalue weighted by Crippen LogP contribution is 2.62. The predicted molar refractivity (Wildman–Crippen MR) is 146 cm³/mol. The Labute approximate surface area is 219 Å². The minimum atomic E-state index is -0.335. The van der Waals surface area contributed by atoms with E-state index in [-0.39, 0.29) is 16.9 Å². The molecule has 6 rings (SSSR count). The molecule has 3 fully saturated rings. The number of ketones is 1. The molecule has 3 unspecified atom stereocenters. The Hall–Kier alpha value is -2.66. The highest BCUT2D eigenvalue weighted by Gasteiger charge is 2.54. The molecule has 0 amide bonds. The number of hydrogen-bond donors (Lipinski definition) is 0. The van der Waals surface area contributed by atoms with E-state index in [0.717, 1.165) is 40.5 Å². The molecule has 3 saturated carbocycles. The summed E-state index contributed by atoms with van der Waals surface area (Å²) in [5, 5.41) is 0.599. The average Bonchev–Trinajstić information content (AvgIpc) is 3.13. The van der Waals surface area contributed by atoms with Crippen molar-refractivity contribution >= 4 is 17.4 Å². The van der Waals surface area contributed by atoms with Crippen LogP contribution in [-0.4, -0.2) is 20.1 Å². The highest BCUT2D eigenvalue weighted by atomic mass is 35.5. The minimum absolute atomic E-state index is 0.162. The summed E-state index contributed by atoms with van der Waals surface area (Å²) >= 11 is 6.03. The van der Waals surface area contributed by atoms with Crippen molar-refractivity contribution < 1.29 is 4.79 Å². The van der Waals surface area contributed by atoms with E-state index in [2.05, 4.69) is 32.7 Å². The maximum atomic E-state index is 12.8. The first-order valence-corrected chi connectivity index (χ1v) is 13.3. The van der Waals surface area contributed by atoms with Crippen molar-refractivity contribution in [3.8, 4) is 5.69 Å². The Bertz CT molecular complexity index is 1320. The van der Waals surface area contributed by atoms with Crippen molar-refractivity contribution in [2.45, 2.75) is 67.9 Å². The van der Waals surface area contributed by atoms with Crippen molar-refractivity contribution in [1.29, 1.82) is 0 Å². The van der Waals surface area contributed by atoms with Gasteiger partial charge in [0, 0.05) is 23.1 Å². The third-order valence-corrected chi connectivity index (χ3v) is 9.01. The Morgan fingerprint density at radius 2 is 1.86 bits per heavy atom. The zero-order valence-electron chi connectivity index (χ0n) is 22.5. The van der Waals surface area contributed by atoms with Crippen molar-refractivity contribution in [2.75, 3.05) is 0 Å². The first-order chi connectivity index (χ1) is 16.9. The van der Waals surface area contributed by atoms with E-state index in [1.807, 2.05) is 26.0 Å². The molecule has 0 spiro atoms. The molecule has 2 aromatic heterocycles. The molecule has 3 aliphatic carbocycles. The fourth-order valence-electron chi connectivity index (χ4n) is 6.14. The van der Waals surface area contributed by atoms with Gasteiger partial charge >= 0.3 is 0 Å². The van der Waals surface area contributed by atoms with E-state index in [4.69, 9.17) is 11.6 Å². The van der Waals surface area contributed by atoms with Crippen LogP contribution in [0.4, 0.5) is 0 Å². The first-order valence-electron chi connectivity index (χ1n) is 12.9. The topological polar surface area (TPSA) is 56.9 Å². The zero-order chi connectivity index (χ0) is 26.4. The second-order valence-electron chi connectivity index (χ2n) is 11.5. The van der Waals surface area contributed by atoms with E-state index in [1.54, 1.807) is 35.3 Å². The van der Waals surface area contributed by atoms with Gasteiger partial charge in [0.2, 0.25) is 0 Å². The predicted octanol–water partition coefficient (Wildman–Crippen LogP) is 6.88. The van der Waals surface area contributed by atoms with Gasteiger partial charge in [0.05, 0.1) is 12.2 Å². The maximum Gasteiger partial charge on any atom is 0.282 e. The van der Waals surface area contributed by atoms with Gasteiger partial charge in [0.1, 0.15) is 5.56 Å². The molecule has 36 heavy (non-hydrogen) atoms. The van der Waals surface area contributed by atoms with Crippen molar-refractivity contribution in [3.63, 3.8) is 0 Å². The Morgan fingerprint density at radius 3 is 2.39 bits per heavy atom. The Kier molecular flexibility index (Phi) is 7.34. The normalized spacial score (nSPS) is 23.9. The summed E-state index contributed by atoms with van der Waals surface area (Å²) in [6.45, 7) is 15.4. The summed E-state index contributed by atoms with van der Waals surface area (Å²) in [5.41, 5.74) is 3.93. The molecule has 0 N–H and O–H groups in total. The van der Waals surface area contributed by atoms with Gasteiger partial charge in [-0.3, -0.25) is 19.3 Å². The number of hydrogen-bond acceptors (Lipinski definition) is 3. The van der Waals surface area contributed by atoms with Gasteiger partial charge < -0.3 is 0 Å². The number of Topliss-reactive ketones (excluding diaryl/α,β-unsaturated/α-hetero) is 1. The molecule has 0 saturated heterocycles. The van der Waals surface area contributed by atoms with Crippen LogP contribution < -0.4 is 5.56 Å². The number of nitrogens with zero attached hydrogens (tertiary/aromatic N) is 3. The molecule has 192 valence electrons. The van der Waals surface area contributed by atoms with Crippen molar-refractivity contribution in [3.05, 3.63) is 80.5 Å². The van der Waals surface area contributed by atoms with Gasteiger partial charge in [-0.25, -0.2) is 4.68 Å². The van der Waals surface area contributed by atoms with Crippen LogP contribution in [0.25, 0.3) is 5.69 Å². The molecule has 0 aliphatic heterocycles. The summed E-state index contributed by atoms with van der Waals surface area (Å²) in [6, 6.07) is 9.18. The summed E-state index contributed by atoms with van der Waals surface area (Å²) in [7, 11) is 0. The fourth-order valence-corrected chi connectivity index (χ4v) is 6.37. The second-order valence-corrected chi connectivity index (χ2v) is 11.9. The number of fused-ring (bicyclic) bond motifs is 2. The number of aromatic nitrogens is 3.